The molecule has 0 aliphatic rings. The summed E-state index contributed by atoms with van der Waals surface area (Å²) < 4.78 is 17.8. The number of hydrogen-bond acceptors (Lipinski definition) is 2. The van der Waals surface area contributed by atoms with Crippen molar-refractivity contribution in [1.29, 1.82) is 0 Å². The van der Waals surface area contributed by atoms with Gasteiger partial charge in [0.2, 0.25) is 0 Å². The van der Waals surface area contributed by atoms with E-state index in [2.05, 4.69) is 0 Å². The first-order valence-corrected chi connectivity index (χ1v) is 4.98. The topological polar surface area (TPSA) is 29.5 Å². The van der Waals surface area contributed by atoms with Crippen LogP contribution in [0.25, 0.3) is 0 Å². The number of aliphatic hydroxyl groups is 1. The van der Waals surface area contributed by atoms with Crippen LogP contribution in [0.5, 0.6) is 0 Å². The van der Waals surface area contributed by atoms with E-state index in [4.69, 9.17) is 4.74 Å². The molecule has 0 saturated carbocycles. The Bertz CT molecular complexity index is 308. The summed E-state index contributed by atoms with van der Waals surface area (Å²) in [6.07, 6.45) is 0. The molecule has 0 heterocycles. The summed E-state index contributed by atoms with van der Waals surface area (Å²) in [5.74, 6) is -0.301. The molecular formula is C12H17FO2. The average Bonchev–Trinajstić information content (AvgIpc) is 2.18. The Hall–Kier alpha value is -0.930. The van der Waals surface area contributed by atoms with Crippen LogP contribution in [-0.2, 0) is 10.3 Å². The van der Waals surface area contributed by atoms with E-state index in [1.165, 1.54) is 19.2 Å². The normalized spacial score (nSPS) is 15.3. The van der Waals surface area contributed by atoms with Crippen LogP contribution in [0.2, 0.25) is 0 Å². The highest BCUT2D eigenvalue weighted by atomic mass is 19.1. The Labute approximate surface area is 89.7 Å². The Morgan fingerprint density at radius 2 is 1.87 bits per heavy atom. The molecule has 15 heavy (non-hydrogen) atoms. The Balaban J connectivity index is 3.04. The van der Waals surface area contributed by atoms with Crippen molar-refractivity contribution in [1.82, 2.24) is 0 Å². The molecule has 1 atom stereocenters. The van der Waals surface area contributed by atoms with Crippen molar-refractivity contribution in [2.45, 2.75) is 19.4 Å². The van der Waals surface area contributed by atoms with Gasteiger partial charge in [-0.15, -0.1) is 0 Å². The van der Waals surface area contributed by atoms with Gasteiger partial charge in [-0.25, -0.2) is 4.39 Å². The largest absolute Gasteiger partial charge is 0.382 e. The second-order valence-corrected chi connectivity index (χ2v) is 4.02. The van der Waals surface area contributed by atoms with Gasteiger partial charge in [-0.05, 0) is 23.6 Å². The molecule has 84 valence electrons. The fourth-order valence-corrected chi connectivity index (χ4v) is 1.54. The van der Waals surface area contributed by atoms with E-state index in [1.54, 1.807) is 12.1 Å². The predicted octanol–water partition coefficient (Wildman–Crippen LogP) is 2.32. The van der Waals surface area contributed by atoms with E-state index in [0.717, 1.165) is 0 Å². The van der Waals surface area contributed by atoms with Crippen LogP contribution in [0.1, 0.15) is 19.4 Å². The first kappa shape index (κ1) is 12.1. The zero-order valence-corrected chi connectivity index (χ0v) is 9.33. The van der Waals surface area contributed by atoms with Gasteiger partial charge in [-0.3, -0.25) is 0 Å². The molecule has 0 radical (unpaired) electrons. The third kappa shape index (κ3) is 2.55. The van der Waals surface area contributed by atoms with Crippen LogP contribution in [0.15, 0.2) is 24.3 Å². The van der Waals surface area contributed by atoms with Gasteiger partial charge in [0.05, 0.1) is 6.61 Å². The summed E-state index contributed by atoms with van der Waals surface area (Å²) in [6.45, 7) is 4.01. The van der Waals surface area contributed by atoms with Crippen molar-refractivity contribution in [3.8, 4) is 0 Å². The van der Waals surface area contributed by atoms with Crippen LogP contribution in [0.3, 0.4) is 0 Å². The van der Waals surface area contributed by atoms with Gasteiger partial charge in [-0.1, -0.05) is 26.0 Å². The molecule has 0 saturated heterocycles. The Morgan fingerprint density at radius 1 is 1.33 bits per heavy atom. The number of ether oxygens (including phenoxy) is 1. The summed E-state index contributed by atoms with van der Waals surface area (Å²) in [5.41, 5.74) is -0.372. The molecule has 0 aromatic heterocycles. The maximum absolute atomic E-state index is 12.7. The van der Waals surface area contributed by atoms with Crippen LogP contribution >= 0.6 is 0 Å². The van der Waals surface area contributed by atoms with Gasteiger partial charge >= 0.3 is 0 Å². The van der Waals surface area contributed by atoms with E-state index in [0.29, 0.717) is 5.56 Å². The first-order chi connectivity index (χ1) is 7.00. The summed E-state index contributed by atoms with van der Waals surface area (Å²) in [4.78, 5) is 0. The lowest BCUT2D eigenvalue weighted by molar-refractivity contribution is -0.0700. The zero-order chi connectivity index (χ0) is 11.5. The highest BCUT2D eigenvalue weighted by Gasteiger charge is 2.33. The highest BCUT2D eigenvalue weighted by Crippen LogP contribution is 2.29. The third-order valence-corrected chi connectivity index (χ3v) is 2.66. The molecular weight excluding hydrogens is 195 g/mol. The molecule has 0 fully saturated rings. The van der Waals surface area contributed by atoms with Crippen LogP contribution in [0, 0.1) is 11.7 Å². The number of benzene rings is 1. The maximum atomic E-state index is 12.7. The molecule has 1 aromatic carbocycles. The van der Waals surface area contributed by atoms with Crippen LogP contribution < -0.4 is 0 Å². The lowest BCUT2D eigenvalue weighted by Crippen LogP contribution is -2.36. The molecule has 2 nitrogen and oxygen atoms in total. The van der Waals surface area contributed by atoms with Crippen molar-refractivity contribution in [2.24, 2.45) is 5.92 Å². The molecule has 1 unspecified atom stereocenters. The van der Waals surface area contributed by atoms with Gasteiger partial charge in [0.1, 0.15) is 11.4 Å². The summed E-state index contributed by atoms with van der Waals surface area (Å²) >= 11 is 0. The molecule has 1 aromatic rings. The van der Waals surface area contributed by atoms with Crippen LogP contribution in [0.4, 0.5) is 4.39 Å². The molecule has 0 aliphatic carbocycles. The summed E-state index contributed by atoms with van der Waals surface area (Å²) in [5, 5.41) is 10.4. The number of halogens is 1. The second kappa shape index (κ2) is 4.73. The monoisotopic (exact) mass is 212 g/mol. The Morgan fingerprint density at radius 3 is 2.27 bits per heavy atom. The highest BCUT2D eigenvalue weighted by molar-refractivity contribution is 5.23. The van der Waals surface area contributed by atoms with Crippen molar-refractivity contribution >= 4 is 0 Å². The molecule has 0 amide bonds. The van der Waals surface area contributed by atoms with E-state index in [-0.39, 0.29) is 18.3 Å². The minimum absolute atomic E-state index is 0.00270. The lowest BCUT2D eigenvalue weighted by Gasteiger charge is -2.31. The van der Waals surface area contributed by atoms with E-state index in [9.17, 15) is 9.50 Å². The van der Waals surface area contributed by atoms with Crippen molar-refractivity contribution in [3.05, 3.63) is 35.6 Å². The number of methoxy groups -OCH3 is 1. The lowest BCUT2D eigenvalue weighted by atomic mass is 9.84. The average molecular weight is 212 g/mol. The number of rotatable bonds is 4. The Kier molecular flexibility index (Phi) is 3.83. The third-order valence-electron chi connectivity index (χ3n) is 2.66. The SMILES string of the molecule is COCC(O)(c1ccc(F)cc1)C(C)C. The fourth-order valence-electron chi connectivity index (χ4n) is 1.54. The molecule has 1 N–H and O–H groups in total. The minimum atomic E-state index is -1.05. The number of hydrogen-bond donors (Lipinski definition) is 1. The quantitative estimate of drug-likeness (QED) is 0.830. The molecule has 1 rings (SSSR count). The smallest absolute Gasteiger partial charge is 0.123 e. The predicted molar refractivity (Wildman–Crippen MR) is 57.0 cm³/mol. The van der Waals surface area contributed by atoms with Crippen molar-refractivity contribution < 1.29 is 14.2 Å². The summed E-state index contributed by atoms with van der Waals surface area (Å²) in [7, 11) is 1.54. The van der Waals surface area contributed by atoms with E-state index in [1.807, 2.05) is 13.8 Å². The summed E-state index contributed by atoms with van der Waals surface area (Å²) in [6, 6.07) is 5.87. The van der Waals surface area contributed by atoms with Crippen molar-refractivity contribution in [3.63, 3.8) is 0 Å². The first-order valence-electron chi connectivity index (χ1n) is 4.98. The maximum Gasteiger partial charge on any atom is 0.123 e. The minimum Gasteiger partial charge on any atom is -0.382 e. The van der Waals surface area contributed by atoms with Gasteiger partial charge in [0.25, 0.3) is 0 Å². The van der Waals surface area contributed by atoms with Crippen molar-refractivity contribution in [2.75, 3.05) is 13.7 Å². The standard InChI is InChI=1S/C12H17FO2/c1-9(2)12(14,8-15-3)10-4-6-11(13)7-5-10/h4-7,9,14H,8H2,1-3H3. The fraction of sp³-hybridized carbons (Fsp3) is 0.500. The molecule has 0 bridgehead atoms. The second-order valence-electron chi connectivity index (χ2n) is 4.02. The van der Waals surface area contributed by atoms with E-state index >= 15 is 0 Å². The van der Waals surface area contributed by atoms with E-state index < -0.39 is 5.60 Å². The zero-order valence-electron chi connectivity index (χ0n) is 9.33. The molecule has 3 heteroatoms. The molecule has 0 spiro atoms. The van der Waals surface area contributed by atoms with Gasteiger partial charge in [0, 0.05) is 7.11 Å². The van der Waals surface area contributed by atoms with Gasteiger partial charge < -0.3 is 9.84 Å². The van der Waals surface area contributed by atoms with Gasteiger partial charge in [-0.2, -0.15) is 0 Å². The molecule has 0 aliphatic heterocycles. The van der Waals surface area contributed by atoms with Gasteiger partial charge in [0.15, 0.2) is 0 Å². The van der Waals surface area contributed by atoms with Crippen LogP contribution in [-0.4, -0.2) is 18.8 Å².